The molecule has 0 saturated carbocycles. The Bertz CT molecular complexity index is 755. The van der Waals surface area contributed by atoms with Crippen molar-refractivity contribution < 1.29 is 0 Å². The average molecular weight is 277 g/mol. The summed E-state index contributed by atoms with van der Waals surface area (Å²) >= 11 is 3.44. The summed E-state index contributed by atoms with van der Waals surface area (Å²) in [5.74, 6) is 0. The SMILES string of the molecule is Cn1c2cc(Br)ccc2c2cc[nH]c(=O)c21. The Labute approximate surface area is 99.8 Å². The van der Waals surface area contributed by atoms with Crippen LogP contribution in [0.4, 0.5) is 0 Å². The van der Waals surface area contributed by atoms with E-state index in [1.807, 2.05) is 35.9 Å². The fourth-order valence-corrected chi connectivity index (χ4v) is 2.50. The van der Waals surface area contributed by atoms with Gasteiger partial charge in [-0.3, -0.25) is 4.79 Å². The maximum atomic E-state index is 11.8. The molecular weight excluding hydrogens is 268 g/mol. The molecule has 0 atom stereocenters. The molecule has 0 aliphatic heterocycles. The van der Waals surface area contributed by atoms with Crippen LogP contribution in [0.2, 0.25) is 0 Å². The molecule has 0 saturated heterocycles. The number of aromatic amines is 1. The largest absolute Gasteiger partial charge is 0.339 e. The van der Waals surface area contributed by atoms with Gasteiger partial charge in [0.2, 0.25) is 0 Å². The topological polar surface area (TPSA) is 37.8 Å². The average Bonchev–Trinajstić information content (AvgIpc) is 2.54. The van der Waals surface area contributed by atoms with Crippen LogP contribution in [0.3, 0.4) is 0 Å². The second-order valence-corrected chi connectivity index (χ2v) is 4.71. The zero-order valence-corrected chi connectivity index (χ0v) is 10.2. The number of aromatic nitrogens is 2. The van der Waals surface area contributed by atoms with Crippen molar-refractivity contribution in [3.05, 3.63) is 45.3 Å². The lowest BCUT2D eigenvalue weighted by Crippen LogP contribution is -2.07. The predicted molar refractivity (Wildman–Crippen MR) is 68.7 cm³/mol. The summed E-state index contributed by atoms with van der Waals surface area (Å²) in [4.78, 5) is 14.5. The first-order valence-corrected chi connectivity index (χ1v) is 5.73. The number of hydrogen-bond donors (Lipinski definition) is 1. The van der Waals surface area contributed by atoms with E-state index in [0.29, 0.717) is 0 Å². The monoisotopic (exact) mass is 276 g/mol. The smallest absolute Gasteiger partial charge is 0.272 e. The third-order valence-electron chi connectivity index (χ3n) is 2.88. The van der Waals surface area contributed by atoms with E-state index in [4.69, 9.17) is 0 Å². The van der Waals surface area contributed by atoms with Crippen LogP contribution in [0.15, 0.2) is 39.7 Å². The molecule has 4 heteroatoms. The zero-order valence-electron chi connectivity index (χ0n) is 8.62. The van der Waals surface area contributed by atoms with Crippen molar-refractivity contribution in [2.75, 3.05) is 0 Å². The summed E-state index contributed by atoms with van der Waals surface area (Å²) < 4.78 is 2.94. The maximum Gasteiger partial charge on any atom is 0.272 e. The van der Waals surface area contributed by atoms with Gasteiger partial charge in [-0.1, -0.05) is 22.0 Å². The van der Waals surface area contributed by atoms with Gasteiger partial charge in [-0.25, -0.2) is 0 Å². The highest BCUT2D eigenvalue weighted by molar-refractivity contribution is 9.10. The van der Waals surface area contributed by atoms with Crippen LogP contribution in [0.25, 0.3) is 21.8 Å². The van der Waals surface area contributed by atoms with Crippen molar-refractivity contribution in [2.45, 2.75) is 0 Å². The van der Waals surface area contributed by atoms with Crippen molar-refractivity contribution in [3.8, 4) is 0 Å². The van der Waals surface area contributed by atoms with Crippen LogP contribution in [0, 0.1) is 0 Å². The van der Waals surface area contributed by atoms with Crippen LogP contribution in [0.1, 0.15) is 0 Å². The van der Waals surface area contributed by atoms with Gasteiger partial charge in [-0.2, -0.15) is 0 Å². The molecule has 3 aromatic rings. The second kappa shape index (κ2) is 3.22. The minimum Gasteiger partial charge on any atom is -0.339 e. The summed E-state index contributed by atoms with van der Waals surface area (Å²) in [6, 6.07) is 7.98. The number of nitrogens with zero attached hydrogens (tertiary/aromatic N) is 1. The van der Waals surface area contributed by atoms with E-state index in [9.17, 15) is 4.79 Å². The number of pyridine rings is 1. The summed E-state index contributed by atoms with van der Waals surface area (Å²) in [7, 11) is 1.91. The van der Waals surface area contributed by atoms with Gasteiger partial charge in [0.05, 0.1) is 5.52 Å². The van der Waals surface area contributed by atoms with Crippen LogP contribution in [-0.2, 0) is 7.05 Å². The molecule has 3 rings (SSSR count). The van der Waals surface area contributed by atoms with Gasteiger partial charge in [0, 0.05) is 28.5 Å². The van der Waals surface area contributed by atoms with Gasteiger partial charge in [-0.05, 0) is 18.2 Å². The molecule has 2 heterocycles. The van der Waals surface area contributed by atoms with Gasteiger partial charge in [0.1, 0.15) is 5.52 Å². The summed E-state index contributed by atoms with van der Waals surface area (Å²) in [6.45, 7) is 0. The molecule has 0 radical (unpaired) electrons. The number of halogens is 1. The van der Waals surface area contributed by atoms with Crippen LogP contribution >= 0.6 is 15.9 Å². The Balaban J connectivity index is 2.70. The molecule has 2 aromatic heterocycles. The fourth-order valence-electron chi connectivity index (χ4n) is 2.15. The van der Waals surface area contributed by atoms with E-state index >= 15 is 0 Å². The van der Waals surface area contributed by atoms with Gasteiger partial charge < -0.3 is 9.55 Å². The Morgan fingerprint density at radius 2 is 2.06 bits per heavy atom. The Hall–Kier alpha value is -1.55. The van der Waals surface area contributed by atoms with Crippen molar-refractivity contribution in [3.63, 3.8) is 0 Å². The third kappa shape index (κ3) is 1.16. The molecule has 0 spiro atoms. The number of nitrogens with one attached hydrogen (secondary N) is 1. The van der Waals surface area contributed by atoms with Gasteiger partial charge >= 0.3 is 0 Å². The van der Waals surface area contributed by atoms with Gasteiger partial charge in [-0.15, -0.1) is 0 Å². The number of benzene rings is 1. The molecule has 1 aromatic carbocycles. The summed E-state index contributed by atoms with van der Waals surface area (Å²) in [5, 5.41) is 2.10. The molecule has 1 N–H and O–H groups in total. The van der Waals surface area contributed by atoms with E-state index in [1.54, 1.807) is 6.20 Å². The molecule has 16 heavy (non-hydrogen) atoms. The Kier molecular flexibility index (Phi) is 1.94. The highest BCUT2D eigenvalue weighted by Gasteiger charge is 2.10. The highest BCUT2D eigenvalue weighted by atomic mass is 79.9. The summed E-state index contributed by atoms with van der Waals surface area (Å²) in [5.41, 5.74) is 1.73. The minimum absolute atomic E-state index is 0.0488. The molecular formula is C12H9BrN2O. The standard InChI is InChI=1S/C12H9BrN2O/c1-15-10-6-7(13)2-3-8(10)9-4-5-14-12(16)11(9)15/h2-6H,1H3,(H,14,16). The third-order valence-corrected chi connectivity index (χ3v) is 3.37. The van der Waals surface area contributed by atoms with E-state index in [-0.39, 0.29) is 5.56 Å². The molecule has 0 unspecified atom stereocenters. The molecule has 0 aliphatic carbocycles. The number of rotatable bonds is 0. The number of hydrogen-bond acceptors (Lipinski definition) is 1. The van der Waals surface area contributed by atoms with Crippen molar-refractivity contribution in [1.82, 2.24) is 9.55 Å². The maximum absolute atomic E-state index is 11.8. The molecule has 3 nitrogen and oxygen atoms in total. The van der Waals surface area contributed by atoms with Gasteiger partial charge in [0.25, 0.3) is 5.56 Å². The van der Waals surface area contributed by atoms with Crippen LogP contribution in [-0.4, -0.2) is 9.55 Å². The van der Waals surface area contributed by atoms with E-state index in [0.717, 1.165) is 26.3 Å². The van der Waals surface area contributed by atoms with E-state index in [2.05, 4.69) is 20.9 Å². The first kappa shape index (κ1) is 9.66. The van der Waals surface area contributed by atoms with E-state index in [1.165, 1.54) is 0 Å². The van der Waals surface area contributed by atoms with Crippen LogP contribution in [0.5, 0.6) is 0 Å². The fraction of sp³-hybridized carbons (Fsp3) is 0.0833. The minimum atomic E-state index is -0.0488. The molecule has 0 amide bonds. The number of H-pyrrole nitrogens is 1. The number of fused-ring (bicyclic) bond motifs is 3. The number of aryl methyl sites for hydroxylation is 1. The van der Waals surface area contributed by atoms with E-state index < -0.39 is 0 Å². The normalized spacial score (nSPS) is 11.4. The Morgan fingerprint density at radius 1 is 1.25 bits per heavy atom. The second-order valence-electron chi connectivity index (χ2n) is 3.79. The molecule has 0 aliphatic rings. The lowest BCUT2D eigenvalue weighted by atomic mass is 10.2. The van der Waals surface area contributed by atoms with Gasteiger partial charge in [0.15, 0.2) is 0 Å². The predicted octanol–water partition coefficient (Wildman–Crippen LogP) is 2.78. The first-order valence-electron chi connectivity index (χ1n) is 4.94. The quantitative estimate of drug-likeness (QED) is 0.674. The zero-order chi connectivity index (χ0) is 11.3. The molecule has 80 valence electrons. The summed E-state index contributed by atoms with van der Waals surface area (Å²) in [6.07, 6.45) is 1.69. The Morgan fingerprint density at radius 3 is 2.88 bits per heavy atom. The lowest BCUT2D eigenvalue weighted by Gasteiger charge is -1.96. The van der Waals surface area contributed by atoms with Crippen molar-refractivity contribution in [2.24, 2.45) is 7.05 Å². The highest BCUT2D eigenvalue weighted by Crippen LogP contribution is 2.27. The molecule has 0 fully saturated rings. The van der Waals surface area contributed by atoms with Crippen molar-refractivity contribution >= 4 is 37.7 Å². The first-order chi connectivity index (χ1) is 7.68. The lowest BCUT2D eigenvalue weighted by molar-refractivity contribution is 0.999. The molecule has 0 bridgehead atoms. The van der Waals surface area contributed by atoms with Crippen LogP contribution < -0.4 is 5.56 Å². The van der Waals surface area contributed by atoms with Crippen molar-refractivity contribution in [1.29, 1.82) is 0 Å².